The molecule has 0 spiro atoms. The summed E-state index contributed by atoms with van der Waals surface area (Å²) in [6.07, 6.45) is 4.37. The highest BCUT2D eigenvalue weighted by Crippen LogP contribution is 2.40. The van der Waals surface area contributed by atoms with Gasteiger partial charge in [0, 0.05) is 37.7 Å². The fourth-order valence-corrected chi connectivity index (χ4v) is 3.64. The van der Waals surface area contributed by atoms with E-state index in [9.17, 15) is 18.4 Å². The molecule has 2 bridgehead atoms. The van der Waals surface area contributed by atoms with E-state index in [1.807, 2.05) is 0 Å². The number of amides is 2. The molecule has 2 aliphatic carbocycles. The number of nitrogens with one attached hydrogen (secondary N) is 2. The van der Waals surface area contributed by atoms with Gasteiger partial charge in [-0.3, -0.25) is 4.79 Å². The van der Waals surface area contributed by atoms with Crippen LogP contribution in [0.1, 0.15) is 31.2 Å². The predicted octanol–water partition coefficient (Wildman–Crippen LogP) is 2.24. The second-order valence-electron chi connectivity index (χ2n) is 6.28. The fraction of sp³-hybridized carbons (Fsp3) is 0.562. The van der Waals surface area contributed by atoms with Crippen LogP contribution in [0.2, 0.25) is 0 Å². The number of rotatable bonds is 5. The van der Waals surface area contributed by atoms with Gasteiger partial charge in [0.2, 0.25) is 5.88 Å². The number of alkyl halides is 2. The van der Waals surface area contributed by atoms with Crippen molar-refractivity contribution in [1.82, 2.24) is 15.6 Å². The maximum atomic E-state index is 12.2. The number of hydrogen-bond acceptors (Lipinski definition) is 4. The zero-order chi connectivity index (χ0) is 17.1. The molecule has 6 nitrogen and oxygen atoms in total. The quantitative estimate of drug-likeness (QED) is 0.862. The molecule has 2 saturated carbocycles. The zero-order valence-corrected chi connectivity index (χ0v) is 13.0. The van der Waals surface area contributed by atoms with Crippen molar-refractivity contribution in [3.05, 3.63) is 23.9 Å². The molecule has 1 aromatic heterocycles. The number of ketones is 1. The predicted molar refractivity (Wildman–Crippen MR) is 80.5 cm³/mol. The number of halogens is 2. The first-order valence-electron chi connectivity index (χ1n) is 7.97. The molecule has 2 aliphatic rings. The van der Waals surface area contributed by atoms with Gasteiger partial charge in [0.1, 0.15) is 5.78 Å². The Morgan fingerprint density at radius 2 is 2.04 bits per heavy atom. The minimum absolute atomic E-state index is 0.0397. The molecule has 0 aliphatic heterocycles. The lowest BCUT2D eigenvalue weighted by molar-refractivity contribution is -0.122. The van der Waals surface area contributed by atoms with Crippen LogP contribution in [0.4, 0.5) is 13.6 Å². The van der Waals surface area contributed by atoms with Crippen LogP contribution >= 0.6 is 0 Å². The lowest BCUT2D eigenvalue weighted by atomic mass is 9.83. The van der Waals surface area contributed by atoms with Gasteiger partial charge in [-0.1, -0.05) is 0 Å². The van der Waals surface area contributed by atoms with Crippen molar-refractivity contribution in [2.75, 3.05) is 0 Å². The number of ether oxygens (including phenoxy) is 1. The van der Waals surface area contributed by atoms with E-state index in [4.69, 9.17) is 0 Å². The van der Waals surface area contributed by atoms with E-state index in [1.165, 1.54) is 12.3 Å². The van der Waals surface area contributed by atoms with Crippen LogP contribution in [0.3, 0.4) is 0 Å². The highest BCUT2D eigenvalue weighted by molar-refractivity contribution is 5.81. The van der Waals surface area contributed by atoms with Crippen LogP contribution in [0, 0.1) is 11.8 Å². The summed E-state index contributed by atoms with van der Waals surface area (Å²) >= 11 is 0. The van der Waals surface area contributed by atoms with E-state index < -0.39 is 6.61 Å². The number of aromatic nitrogens is 1. The third-order valence-corrected chi connectivity index (χ3v) is 4.66. The van der Waals surface area contributed by atoms with Crippen LogP contribution in [0.5, 0.6) is 5.88 Å². The Kier molecular flexibility index (Phi) is 4.92. The number of nitrogens with zero attached hydrogens (tertiary/aromatic N) is 1. The summed E-state index contributed by atoms with van der Waals surface area (Å²) in [6, 6.07) is 2.69. The summed E-state index contributed by atoms with van der Waals surface area (Å²) in [4.78, 5) is 27.3. The average Bonchev–Trinajstić information content (AvgIpc) is 2.76. The Hall–Kier alpha value is -2.25. The largest absolute Gasteiger partial charge is 0.417 e. The van der Waals surface area contributed by atoms with E-state index in [-0.39, 0.29) is 42.1 Å². The summed E-state index contributed by atoms with van der Waals surface area (Å²) < 4.78 is 28.6. The lowest BCUT2D eigenvalue weighted by Crippen LogP contribution is -2.48. The molecule has 1 aromatic rings. The molecule has 0 radical (unpaired) electrons. The van der Waals surface area contributed by atoms with Crippen molar-refractivity contribution < 1.29 is 23.1 Å². The summed E-state index contributed by atoms with van der Waals surface area (Å²) in [7, 11) is 0. The molecule has 0 saturated heterocycles. The summed E-state index contributed by atoms with van der Waals surface area (Å²) in [5.74, 6) is 0.556. The van der Waals surface area contributed by atoms with E-state index in [0.29, 0.717) is 18.4 Å². The van der Waals surface area contributed by atoms with Gasteiger partial charge in [-0.15, -0.1) is 0 Å². The number of pyridine rings is 1. The Bertz CT molecular complexity index is 610. The molecule has 8 heteroatoms. The molecule has 24 heavy (non-hydrogen) atoms. The van der Waals surface area contributed by atoms with Crippen molar-refractivity contribution in [2.24, 2.45) is 11.8 Å². The maximum Gasteiger partial charge on any atom is 0.388 e. The lowest BCUT2D eigenvalue weighted by Gasteiger charge is -2.30. The molecule has 2 unspecified atom stereocenters. The van der Waals surface area contributed by atoms with Gasteiger partial charge in [0.15, 0.2) is 0 Å². The van der Waals surface area contributed by atoms with Crippen LogP contribution in [0.15, 0.2) is 18.3 Å². The van der Waals surface area contributed by atoms with Crippen molar-refractivity contribution in [1.29, 1.82) is 0 Å². The Morgan fingerprint density at radius 1 is 1.33 bits per heavy atom. The number of hydrogen-bond donors (Lipinski definition) is 2. The Balaban J connectivity index is 1.50. The molecule has 3 rings (SSSR count). The topological polar surface area (TPSA) is 80.3 Å². The second kappa shape index (κ2) is 7.11. The van der Waals surface area contributed by atoms with Gasteiger partial charge in [0.05, 0.1) is 0 Å². The van der Waals surface area contributed by atoms with Gasteiger partial charge in [-0.25, -0.2) is 9.78 Å². The third-order valence-electron chi connectivity index (χ3n) is 4.66. The van der Waals surface area contributed by atoms with E-state index in [2.05, 4.69) is 20.4 Å². The first-order valence-corrected chi connectivity index (χ1v) is 7.97. The molecule has 2 N–H and O–H groups in total. The van der Waals surface area contributed by atoms with Gasteiger partial charge in [-0.05, 0) is 36.3 Å². The Morgan fingerprint density at radius 3 is 2.71 bits per heavy atom. The first kappa shape index (κ1) is 16.6. The summed E-state index contributed by atoms with van der Waals surface area (Å²) in [5, 5.41) is 5.65. The van der Waals surface area contributed by atoms with Crippen molar-refractivity contribution in [2.45, 2.75) is 44.9 Å². The van der Waals surface area contributed by atoms with Gasteiger partial charge in [-0.2, -0.15) is 8.78 Å². The van der Waals surface area contributed by atoms with Crippen molar-refractivity contribution in [3.63, 3.8) is 0 Å². The summed E-state index contributed by atoms with van der Waals surface area (Å²) in [6.45, 7) is -2.76. The smallest absolute Gasteiger partial charge is 0.388 e. The number of fused-ring (bicyclic) bond motifs is 2. The van der Waals surface area contributed by atoms with Crippen LogP contribution in [0.25, 0.3) is 0 Å². The minimum atomic E-state index is -2.94. The highest BCUT2D eigenvalue weighted by atomic mass is 19.3. The van der Waals surface area contributed by atoms with Crippen molar-refractivity contribution in [3.8, 4) is 5.88 Å². The molecule has 2 amide bonds. The second-order valence-corrected chi connectivity index (χ2v) is 6.28. The molecular weight excluding hydrogens is 320 g/mol. The van der Waals surface area contributed by atoms with Gasteiger partial charge < -0.3 is 15.4 Å². The number of Topliss-reactive ketones (excluding diaryl/α,β-unsaturated/α-hetero) is 1. The molecule has 0 aromatic carbocycles. The summed E-state index contributed by atoms with van der Waals surface area (Å²) in [5.41, 5.74) is 0.609. The zero-order valence-electron chi connectivity index (χ0n) is 13.0. The number of urea groups is 1. The van der Waals surface area contributed by atoms with E-state index in [0.717, 1.165) is 12.8 Å². The van der Waals surface area contributed by atoms with Gasteiger partial charge >= 0.3 is 12.6 Å². The van der Waals surface area contributed by atoms with Gasteiger partial charge in [0.25, 0.3) is 0 Å². The maximum absolute atomic E-state index is 12.2. The Labute approximate surface area is 138 Å². The fourth-order valence-electron chi connectivity index (χ4n) is 3.64. The van der Waals surface area contributed by atoms with E-state index >= 15 is 0 Å². The normalized spacial score (nSPS) is 25.6. The molecule has 130 valence electrons. The standard InChI is InChI=1S/C16H19F2N3O3/c17-15(18)24-13-5-9(3-4-19-13)8-20-16(23)21-14-10-1-2-11(14)7-12(22)6-10/h3-5,10-11,14-15H,1-2,6-8H2,(H2,20,21,23). The third kappa shape index (κ3) is 3.98. The number of carbonyl (C=O) groups is 2. The molecule has 2 atom stereocenters. The van der Waals surface area contributed by atoms with E-state index in [1.54, 1.807) is 6.07 Å². The number of carbonyl (C=O) groups excluding carboxylic acids is 2. The molecule has 2 fully saturated rings. The van der Waals surface area contributed by atoms with Crippen molar-refractivity contribution >= 4 is 11.8 Å². The minimum Gasteiger partial charge on any atom is -0.417 e. The average molecular weight is 339 g/mol. The first-order chi connectivity index (χ1) is 11.5. The SMILES string of the molecule is O=C1CC2CCC(C1)C2NC(=O)NCc1ccnc(OC(F)F)c1. The molecular formula is C16H19F2N3O3. The van der Waals surface area contributed by atoms with Crippen LogP contribution in [-0.4, -0.2) is 29.5 Å². The van der Waals surface area contributed by atoms with Crippen LogP contribution < -0.4 is 15.4 Å². The van der Waals surface area contributed by atoms with Crippen LogP contribution in [-0.2, 0) is 11.3 Å². The molecule has 1 heterocycles. The highest BCUT2D eigenvalue weighted by Gasteiger charge is 2.42. The monoisotopic (exact) mass is 339 g/mol.